The van der Waals surface area contributed by atoms with Gasteiger partial charge in [-0.15, -0.1) is 0 Å². The minimum atomic E-state index is 0.460. The van der Waals surface area contributed by atoms with Crippen molar-refractivity contribution in [3.8, 4) is 5.75 Å². The van der Waals surface area contributed by atoms with E-state index >= 15 is 0 Å². The summed E-state index contributed by atoms with van der Waals surface area (Å²) in [6, 6.07) is 3.63. The van der Waals surface area contributed by atoms with Gasteiger partial charge in [0.15, 0.2) is 0 Å². The van der Waals surface area contributed by atoms with Crippen LogP contribution in [0.15, 0.2) is 16.6 Å². The van der Waals surface area contributed by atoms with Crippen LogP contribution >= 0.6 is 39.1 Å². The zero-order valence-corrected chi connectivity index (χ0v) is 11.1. The summed E-state index contributed by atoms with van der Waals surface area (Å²) in [5.74, 6) is 1.10. The first-order valence-corrected chi connectivity index (χ1v) is 5.83. The van der Waals surface area contributed by atoms with E-state index in [1.54, 1.807) is 6.07 Å². The summed E-state index contributed by atoms with van der Waals surface area (Å²) in [4.78, 5) is 0. The van der Waals surface area contributed by atoms with Crippen molar-refractivity contribution >= 4 is 39.1 Å². The normalized spacial score (nSPS) is 10.7. The SMILES string of the molecule is CC(C)COc1ccc(Br)c(Cl)c1Cl. The Morgan fingerprint density at radius 1 is 1.29 bits per heavy atom. The van der Waals surface area contributed by atoms with Gasteiger partial charge in [-0.2, -0.15) is 0 Å². The molecule has 1 nitrogen and oxygen atoms in total. The molecule has 0 aromatic heterocycles. The number of rotatable bonds is 3. The highest BCUT2D eigenvalue weighted by molar-refractivity contribution is 9.10. The Labute approximate surface area is 102 Å². The highest BCUT2D eigenvalue weighted by atomic mass is 79.9. The lowest BCUT2D eigenvalue weighted by Crippen LogP contribution is -2.04. The molecule has 0 radical (unpaired) electrons. The summed E-state index contributed by atoms with van der Waals surface area (Å²) in [5, 5.41) is 0.953. The lowest BCUT2D eigenvalue weighted by molar-refractivity contribution is 0.271. The van der Waals surface area contributed by atoms with Gasteiger partial charge >= 0.3 is 0 Å². The maximum atomic E-state index is 6.00. The number of ether oxygens (including phenoxy) is 1. The van der Waals surface area contributed by atoms with E-state index in [-0.39, 0.29) is 0 Å². The molecule has 0 spiro atoms. The van der Waals surface area contributed by atoms with E-state index in [9.17, 15) is 0 Å². The van der Waals surface area contributed by atoms with E-state index in [2.05, 4.69) is 29.8 Å². The first-order valence-electron chi connectivity index (χ1n) is 4.28. The molecule has 14 heavy (non-hydrogen) atoms. The monoisotopic (exact) mass is 296 g/mol. The molecule has 0 unspecified atom stereocenters. The van der Waals surface area contributed by atoms with Gasteiger partial charge in [0.1, 0.15) is 10.8 Å². The first-order chi connectivity index (χ1) is 6.52. The van der Waals surface area contributed by atoms with Crippen LogP contribution in [-0.4, -0.2) is 6.61 Å². The molecule has 1 aromatic rings. The molecule has 0 aliphatic heterocycles. The fourth-order valence-corrected chi connectivity index (χ4v) is 1.70. The summed E-state index contributed by atoms with van der Waals surface area (Å²) < 4.78 is 6.28. The maximum Gasteiger partial charge on any atom is 0.139 e. The summed E-state index contributed by atoms with van der Waals surface area (Å²) in [7, 11) is 0. The molecular formula is C10H11BrCl2O. The van der Waals surface area contributed by atoms with Crippen LogP contribution in [0.2, 0.25) is 10.0 Å². The summed E-state index contributed by atoms with van der Waals surface area (Å²) in [6.45, 7) is 4.79. The predicted octanol–water partition coefficient (Wildman–Crippen LogP) is 4.79. The third-order valence-corrected chi connectivity index (χ3v) is 3.33. The van der Waals surface area contributed by atoms with Gasteiger partial charge in [-0.3, -0.25) is 0 Å². The second-order valence-corrected chi connectivity index (χ2v) is 4.99. The van der Waals surface area contributed by atoms with E-state index < -0.39 is 0 Å². The number of benzene rings is 1. The van der Waals surface area contributed by atoms with Gasteiger partial charge in [0.25, 0.3) is 0 Å². The number of hydrogen-bond donors (Lipinski definition) is 0. The second-order valence-electron chi connectivity index (χ2n) is 3.38. The molecular weight excluding hydrogens is 287 g/mol. The fourth-order valence-electron chi connectivity index (χ4n) is 0.876. The van der Waals surface area contributed by atoms with Crippen molar-refractivity contribution in [2.75, 3.05) is 6.61 Å². The third kappa shape index (κ3) is 3.04. The molecule has 1 aromatic carbocycles. The predicted molar refractivity (Wildman–Crippen MR) is 64.5 cm³/mol. The molecule has 0 aliphatic carbocycles. The minimum absolute atomic E-state index is 0.460. The topological polar surface area (TPSA) is 9.23 Å². The molecule has 0 bridgehead atoms. The standard InChI is InChI=1S/C10H11BrCl2O/c1-6(2)5-14-8-4-3-7(11)9(12)10(8)13/h3-4,6H,5H2,1-2H3. The molecule has 78 valence electrons. The fraction of sp³-hybridized carbons (Fsp3) is 0.400. The van der Waals surface area contributed by atoms with Crippen molar-refractivity contribution in [1.82, 2.24) is 0 Å². The lowest BCUT2D eigenvalue weighted by atomic mass is 10.2. The average Bonchev–Trinajstić information content (AvgIpc) is 2.13. The van der Waals surface area contributed by atoms with Crippen molar-refractivity contribution in [3.63, 3.8) is 0 Å². The van der Waals surface area contributed by atoms with E-state index in [0.29, 0.717) is 28.3 Å². The lowest BCUT2D eigenvalue weighted by Gasteiger charge is -2.11. The molecule has 0 heterocycles. The van der Waals surface area contributed by atoms with Gasteiger partial charge < -0.3 is 4.74 Å². The minimum Gasteiger partial charge on any atom is -0.492 e. The Morgan fingerprint density at radius 3 is 2.50 bits per heavy atom. The molecule has 0 atom stereocenters. The highest BCUT2D eigenvalue weighted by Gasteiger charge is 2.09. The van der Waals surface area contributed by atoms with E-state index in [0.717, 1.165) is 4.47 Å². The van der Waals surface area contributed by atoms with Crippen LogP contribution in [-0.2, 0) is 0 Å². The first kappa shape index (κ1) is 12.2. The summed E-state index contributed by atoms with van der Waals surface area (Å²) in [5.41, 5.74) is 0. The van der Waals surface area contributed by atoms with E-state index in [1.807, 2.05) is 6.07 Å². The molecule has 1 rings (SSSR count). The molecule has 0 N–H and O–H groups in total. The zero-order chi connectivity index (χ0) is 10.7. The zero-order valence-electron chi connectivity index (χ0n) is 7.98. The smallest absolute Gasteiger partial charge is 0.139 e. The van der Waals surface area contributed by atoms with Crippen LogP contribution in [0.1, 0.15) is 13.8 Å². The van der Waals surface area contributed by atoms with Crippen LogP contribution in [0.4, 0.5) is 0 Å². The Bertz CT molecular complexity index is 326. The van der Waals surface area contributed by atoms with Gasteiger partial charge in [-0.1, -0.05) is 37.0 Å². The van der Waals surface area contributed by atoms with Crippen LogP contribution in [0.5, 0.6) is 5.75 Å². The van der Waals surface area contributed by atoms with Crippen LogP contribution in [0.3, 0.4) is 0 Å². The molecule has 0 saturated carbocycles. The van der Waals surface area contributed by atoms with Gasteiger partial charge in [-0.05, 0) is 34.0 Å². The number of hydrogen-bond acceptors (Lipinski definition) is 1. The van der Waals surface area contributed by atoms with Crippen molar-refractivity contribution in [1.29, 1.82) is 0 Å². The van der Waals surface area contributed by atoms with Crippen molar-refractivity contribution < 1.29 is 4.74 Å². The highest BCUT2D eigenvalue weighted by Crippen LogP contribution is 2.37. The molecule has 4 heteroatoms. The largest absolute Gasteiger partial charge is 0.492 e. The molecule has 0 amide bonds. The molecule has 0 saturated heterocycles. The Balaban J connectivity index is 2.83. The van der Waals surface area contributed by atoms with E-state index in [1.165, 1.54) is 0 Å². The maximum absolute atomic E-state index is 6.00. The average molecular weight is 298 g/mol. The summed E-state index contributed by atoms with van der Waals surface area (Å²) >= 11 is 15.2. The Hall–Kier alpha value is 0.0800. The Kier molecular flexibility index (Phi) is 4.55. The van der Waals surface area contributed by atoms with Crippen molar-refractivity contribution in [3.05, 3.63) is 26.7 Å². The number of halogens is 3. The van der Waals surface area contributed by atoms with Gasteiger partial charge in [0.05, 0.1) is 11.6 Å². The molecule has 0 fully saturated rings. The Morgan fingerprint density at radius 2 is 1.93 bits per heavy atom. The van der Waals surface area contributed by atoms with Crippen molar-refractivity contribution in [2.24, 2.45) is 5.92 Å². The van der Waals surface area contributed by atoms with E-state index in [4.69, 9.17) is 27.9 Å². The van der Waals surface area contributed by atoms with Crippen LogP contribution in [0, 0.1) is 5.92 Å². The van der Waals surface area contributed by atoms with Crippen molar-refractivity contribution in [2.45, 2.75) is 13.8 Å². The molecule has 0 aliphatic rings. The van der Waals surface area contributed by atoms with Crippen LogP contribution in [0.25, 0.3) is 0 Å². The van der Waals surface area contributed by atoms with Gasteiger partial charge in [0, 0.05) is 4.47 Å². The quantitative estimate of drug-likeness (QED) is 0.729. The summed E-state index contributed by atoms with van der Waals surface area (Å²) in [6.07, 6.45) is 0. The van der Waals surface area contributed by atoms with Crippen LogP contribution < -0.4 is 4.74 Å². The van der Waals surface area contributed by atoms with Gasteiger partial charge in [0.2, 0.25) is 0 Å². The van der Waals surface area contributed by atoms with Gasteiger partial charge in [-0.25, -0.2) is 0 Å². The second kappa shape index (κ2) is 5.24. The third-order valence-electron chi connectivity index (χ3n) is 1.57.